The highest BCUT2D eigenvalue weighted by Gasteiger charge is 2.31. The van der Waals surface area contributed by atoms with E-state index in [1.807, 2.05) is 26.1 Å². The van der Waals surface area contributed by atoms with Crippen molar-refractivity contribution in [2.45, 2.75) is 12.2 Å². The Labute approximate surface area is 142 Å². The van der Waals surface area contributed by atoms with Crippen molar-refractivity contribution in [2.24, 2.45) is 7.05 Å². The fourth-order valence-electron chi connectivity index (χ4n) is 2.95. The van der Waals surface area contributed by atoms with Crippen LogP contribution in [0.5, 0.6) is 11.5 Å². The summed E-state index contributed by atoms with van der Waals surface area (Å²) < 4.78 is 12.5. The standard InChI is InChI=1S/C15H14ClN3O3S/c1-7-12-14(23-5-11(20)17-15(12)19(2)18-7)8-3-9(16)13-10(4-8)21-6-22-13/h3-4,14H,5-6H2,1-2H3,(H,17,20)/t14-/m0/s1. The van der Waals surface area contributed by atoms with Crippen LogP contribution < -0.4 is 14.8 Å². The Morgan fingerprint density at radius 3 is 3.09 bits per heavy atom. The average Bonchev–Trinajstić information content (AvgIpc) is 3.01. The number of anilines is 1. The number of amides is 1. The first-order chi connectivity index (χ1) is 11.0. The number of nitrogens with zero attached hydrogens (tertiary/aromatic N) is 2. The lowest BCUT2D eigenvalue weighted by atomic mass is 10.0. The third-order valence-electron chi connectivity index (χ3n) is 3.92. The van der Waals surface area contributed by atoms with Crippen molar-refractivity contribution in [1.29, 1.82) is 0 Å². The molecular formula is C15H14ClN3O3S. The van der Waals surface area contributed by atoms with Gasteiger partial charge in [0, 0.05) is 12.6 Å². The van der Waals surface area contributed by atoms with Crippen molar-refractivity contribution in [1.82, 2.24) is 9.78 Å². The Morgan fingerprint density at radius 1 is 1.43 bits per heavy atom. The van der Waals surface area contributed by atoms with Gasteiger partial charge < -0.3 is 14.8 Å². The topological polar surface area (TPSA) is 65.4 Å². The number of rotatable bonds is 1. The summed E-state index contributed by atoms with van der Waals surface area (Å²) in [7, 11) is 1.83. The molecule has 8 heteroatoms. The first-order valence-corrected chi connectivity index (χ1v) is 8.51. The normalized spacial score (nSPS) is 19.3. The third-order valence-corrected chi connectivity index (χ3v) is 5.47. The predicted molar refractivity (Wildman–Crippen MR) is 88.5 cm³/mol. The van der Waals surface area contributed by atoms with E-state index in [0.717, 1.165) is 22.6 Å². The average molecular weight is 352 g/mol. The Bertz CT molecular complexity index is 821. The van der Waals surface area contributed by atoms with Crippen LogP contribution >= 0.6 is 23.4 Å². The second-order valence-corrected chi connectivity index (χ2v) is 6.95. The maximum Gasteiger partial charge on any atom is 0.235 e. The van der Waals surface area contributed by atoms with Crippen LogP contribution in [-0.4, -0.2) is 28.2 Å². The molecule has 0 fully saturated rings. The SMILES string of the molecule is Cc1nn(C)c2c1[C@H](c1cc(Cl)c3c(c1)OCO3)SCC(=O)N2. The molecule has 2 aliphatic heterocycles. The van der Waals surface area contributed by atoms with Crippen LogP contribution in [0.2, 0.25) is 5.02 Å². The van der Waals surface area contributed by atoms with Crippen molar-refractivity contribution < 1.29 is 14.3 Å². The summed E-state index contributed by atoms with van der Waals surface area (Å²) in [5, 5.41) is 7.83. The van der Waals surface area contributed by atoms with Crippen LogP contribution in [0.4, 0.5) is 5.82 Å². The molecule has 120 valence electrons. The molecule has 4 rings (SSSR count). The monoisotopic (exact) mass is 351 g/mol. The summed E-state index contributed by atoms with van der Waals surface area (Å²) in [6, 6.07) is 3.80. The predicted octanol–water partition coefficient (Wildman–Crippen LogP) is 2.89. The Kier molecular flexibility index (Phi) is 3.42. The minimum Gasteiger partial charge on any atom is -0.454 e. The second kappa shape index (κ2) is 5.35. The van der Waals surface area contributed by atoms with Crippen molar-refractivity contribution in [3.63, 3.8) is 0 Å². The number of aromatic nitrogens is 2. The van der Waals surface area contributed by atoms with E-state index >= 15 is 0 Å². The van der Waals surface area contributed by atoms with Crippen LogP contribution in [-0.2, 0) is 11.8 Å². The Balaban J connectivity index is 1.86. The summed E-state index contributed by atoms with van der Waals surface area (Å²) in [6.45, 7) is 2.12. The first-order valence-electron chi connectivity index (χ1n) is 7.08. The van der Waals surface area contributed by atoms with Crippen molar-refractivity contribution in [2.75, 3.05) is 17.9 Å². The molecule has 23 heavy (non-hydrogen) atoms. The van der Waals surface area contributed by atoms with Crippen LogP contribution in [0, 0.1) is 6.92 Å². The van der Waals surface area contributed by atoms with Gasteiger partial charge in [-0.2, -0.15) is 5.10 Å². The number of hydrogen-bond donors (Lipinski definition) is 1. The molecule has 0 saturated heterocycles. The number of ether oxygens (including phenoxy) is 2. The highest BCUT2D eigenvalue weighted by Crippen LogP contribution is 2.48. The third kappa shape index (κ3) is 2.35. The van der Waals surface area contributed by atoms with Crippen LogP contribution in [0.25, 0.3) is 0 Å². The maximum absolute atomic E-state index is 12.0. The minimum absolute atomic E-state index is 0.0337. The molecule has 1 atom stereocenters. The van der Waals surface area contributed by atoms with Crippen LogP contribution in [0.1, 0.15) is 22.1 Å². The number of carbonyl (C=O) groups excluding carboxylic acids is 1. The van der Waals surface area contributed by atoms with Crippen molar-refractivity contribution in [3.05, 3.63) is 34.0 Å². The van der Waals surface area contributed by atoms with Gasteiger partial charge in [0.05, 0.1) is 21.7 Å². The summed E-state index contributed by atoms with van der Waals surface area (Å²) in [6.07, 6.45) is 0. The Morgan fingerprint density at radius 2 is 2.26 bits per heavy atom. The molecule has 3 heterocycles. The van der Waals surface area contributed by atoms with E-state index in [2.05, 4.69) is 10.4 Å². The van der Waals surface area contributed by atoms with Gasteiger partial charge >= 0.3 is 0 Å². The van der Waals surface area contributed by atoms with E-state index in [1.165, 1.54) is 0 Å². The highest BCUT2D eigenvalue weighted by atomic mass is 35.5. The molecule has 0 bridgehead atoms. The van der Waals surface area contributed by atoms with Gasteiger partial charge in [-0.3, -0.25) is 9.48 Å². The van der Waals surface area contributed by atoms with Gasteiger partial charge in [0.1, 0.15) is 5.82 Å². The zero-order valence-electron chi connectivity index (χ0n) is 12.6. The Hall–Kier alpha value is -1.86. The molecule has 0 radical (unpaired) electrons. The zero-order valence-corrected chi connectivity index (χ0v) is 14.1. The number of thioether (sulfide) groups is 1. The quantitative estimate of drug-likeness (QED) is 0.855. The van der Waals surface area contributed by atoms with Gasteiger partial charge in [0.2, 0.25) is 12.7 Å². The first kappa shape index (κ1) is 14.7. The lowest BCUT2D eigenvalue weighted by Gasteiger charge is -2.16. The van der Waals surface area contributed by atoms with Gasteiger partial charge in [-0.05, 0) is 24.6 Å². The van der Waals surface area contributed by atoms with Crippen LogP contribution in [0.15, 0.2) is 12.1 Å². The summed E-state index contributed by atoms with van der Waals surface area (Å²) in [5.41, 5.74) is 2.85. The van der Waals surface area contributed by atoms with Crippen molar-refractivity contribution >= 4 is 35.1 Å². The number of fused-ring (bicyclic) bond motifs is 2. The summed E-state index contributed by atoms with van der Waals surface area (Å²) in [5.74, 6) is 2.28. The highest BCUT2D eigenvalue weighted by molar-refractivity contribution is 8.00. The molecular weight excluding hydrogens is 338 g/mol. The van der Waals surface area contributed by atoms with Gasteiger partial charge in [0.25, 0.3) is 0 Å². The number of hydrogen-bond acceptors (Lipinski definition) is 5. The van der Waals surface area contributed by atoms with E-state index in [0.29, 0.717) is 22.3 Å². The molecule has 0 saturated carbocycles. The molecule has 0 aliphatic carbocycles. The molecule has 2 aromatic rings. The molecule has 0 spiro atoms. The maximum atomic E-state index is 12.0. The number of nitrogens with one attached hydrogen (secondary N) is 1. The van der Waals surface area contributed by atoms with Gasteiger partial charge in [-0.15, -0.1) is 11.8 Å². The fourth-order valence-corrected chi connectivity index (χ4v) is 4.39. The van der Waals surface area contributed by atoms with Gasteiger partial charge in [-0.25, -0.2) is 0 Å². The minimum atomic E-state index is -0.0513. The zero-order chi connectivity index (χ0) is 16.1. The van der Waals surface area contributed by atoms with E-state index in [9.17, 15) is 4.79 Å². The lowest BCUT2D eigenvalue weighted by Crippen LogP contribution is -2.15. The second-order valence-electron chi connectivity index (χ2n) is 5.45. The molecule has 1 aromatic carbocycles. The largest absolute Gasteiger partial charge is 0.454 e. The summed E-state index contributed by atoms with van der Waals surface area (Å²) >= 11 is 7.87. The molecule has 1 amide bonds. The van der Waals surface area contributed by atoms with E-state index in [1.54, 1.807) is 16.4 Å². The molecule has 6 nitrogen and oxygen atoms in total. The number of benzene rings is 1. The van der Waals surface area contributed by atoms with Gasteiger partial charge in [0.15, 0.2) is 11.5 Å². The lowest BCUT2D eigenvalue weighted by molar-refractivity contribution is -0.113. The van der Waals surface area contributed by atoms with E-state index in [4.69, 9.17) is 21.1 Å². The van der Waals surface area contributed by atoms with Crippen LogP contribution in [0.3, 0.4) is 0 Å². The summed E-state index contributed by atoms with van der Waals surface area (Å²) in [4.78, 5) is 12.0. The van der Waals surface area contributed by atoms with Gasteiger partial charge in [-0.1, -0.05) is 11.6 Å². The number of carbonyl (C=O) groups is 1. The van der Waals surface area contributed by atoms with Crippen molar-refractivity contribution in [3.8, 4) is 11.5 Å². The molecule has 0 unspecified atom stereocenters. The molecule has 1 aromatic heterocycles. The van der Waals surface area contributed by atoms with E-state index < -0.39 is 0 Å². The van der Waals surface area contributed by atoms with E-state index in [-0.39, 0.29) is 18.0 Å². The molecule has 1 N–H and O–H groups in total. The molecule has 2 aliphatic rings. The smallest absolute Gasteiger partial charge is 0.235 e. The fraction of sp³-hybridized carbons (Fsp3) is 0.333. The number of halogens is 1. The number of aryl methyl sites for hydroxylation is 2.